The fourth-order valence-corrected chi connectivity index (χ4v) is 5.58. The number of rotatable bonds is 15. The number of nitrogens with zero attached hydrogens (tertiary/aromatic N) is 5. The Kier molecular flexibility index (Phi) is 11.1. The van der Waals surface area contributed by atoms with Crippen molar-refractivity contribution in [1.29, 1.82) is 0 Å². The quantitative estimate of drug-likeness (QED) is 0.214. The molecule has 0 bridgehead atoms. The molecule has 0 aliphatic heterocycles. The zero-order valence-corrected chi connectivity index (χ0v) is 25.9. The summed E-state index contributed by atoms with van der Waals surface area (Å²) in [7, 11) is -1.66. The Morgan fingerprint density at radius 3 is 2.36 bits per heavy atom. The van der Waals surface area contributed by atoms with E-state index in [4.69, 9.17) is 14.5 Å². The van der Waals surface area contributed by atoms with Gasteiger partial charge in [-0.05, 0) is 49.4 Å². The van der Waals surface area contributed by atoms with Gasteiger partial charge in [0.1, 0.15) is 12.4 Å². The number of sulfone groups is 1. The Labute approximate surface area is 256 Å². The van der Waals surface area contributed by atoms with Gasteiger partial charge < -0.3 is 24.0 Å². The molecule has 1 aliphatic carbocycles. The number of ether oxygens (including phenoxy) is 3. The van der Waals surface area contributed by atoms with E-state index in [2.05, 4.69) is 26.5 Å². The molecule has 1 fully saturated rings. The summed E-state index contributed by atoms with van der Waals surface area (Å²) in [6, 6.07) is 9.54. The van der Waals surface area contributed by atoms with E-state index in [0.717, 1.165) is 25.0 Å². The predicted octanol–water partition coefficient (Wildman–Crippen LogP) is 5.43. The smallest absolute Gasteiger partial charge is 0.489 e. The zero-order valence-electron chi connectivity index (χ0n) is 25.1. The molecule has 1 saturated carbocycles. The van der Waals surface area contributed by atoms with E-state index in [1.165, 1.54) is 63.4 Å². The maximum atomic E-state index is 12.9. The van der Waals surface area contributed by atoms with Crippen LogP contribution in [0.1, 0.15) is 43.9 Å². The highest BCUT2D eigenvalue weighted by Crippen LogP contribution is 2.31. The Morgan fingerprint density at radius 1 is 1.00 bits per heavy atom. The minimum absolute atomic E-state index is 0.0534. The van der Waals surface area contributed by atoms with Gasteiger partial charge in [-0.25, -0.2) is 23.4 Å². The van der Waals surface area contributed by atoms with Gasteiger partial charge in [-0.15, -0.1) is 13.2 Å². The van der Waals surface area contributed by atoms with Crippen LogP contribution >= 0.6 is 0 Å². The predicted molar refractivity (Wildman–Crippen MR) is 161 cm³/mol. The number of halogens is 3. The van der Waals surface area contributed by atoms with Gasteiger partial charge in [0.15, 0.2) is 15.6 Å². The lowest BCUT2D eigenvalue weighted by Gasteiger charge is -2.30. The van der Waals surface area contributed by atoms with E-state index in [0.29, 0.717) is 23.1 Å². The van der Waals surface area contributed by atoms with Crippen molar-refractivity contribution in [2.75, 3.05) is 48.6 Å². The van der Waals surface area contributed by atoms with Crippen molar-refractivity contribution in [3.63, 3.8) is 0 Å². The molecule has 0 N–H and O–H groups in total. The highest BCUT2D eigenvalue weighted by molar-refractivity contribution is 7.90. The summed E-state index contributed by atoms with van der Waals surface area (Å²) in [5.41, 5.74) is 2.16. The Hall–Kier alpha value is -3.81. The van der Waals surface area contributed by atoms with Gasteiger partial charge in [-0.1, -0.05) is 25.0 Å². The third-order valence-corrected chi connectivity index (χ3v) is 8.18. The van der Waals surface area contributed by atoms with E-state index < -0.39 is 16.2 Å². The van der Waals surface area contributed by atoms with Gasteiger partial charge >= 0.3 is 6.36 Å². The van der Waals surface area contributed by atoms with E-state index in [1.807, 2.05) is 12.1 Å². The van der Waals surface area contributed by atoms with Crippen molar-refractivity contribution in [2.24, 2.45) is 5.92 Å². The number of alkyl halides is 3. The first-order valence-corrected chi connectivity index (χ1v) is 16.5. The van der Waals surface area contributed by atoms with Crippen LogP contribution in [-0.4, -0.2) is 68.5 Å². The van der Waals surface area contributed by atoms with Crippen LogP contribution in [0, 0.1) is 5.92 Å². The third kappa shape index (κ3) is 10.1. The molecule has 2 aromatic heterocycles. The Balaban J connectivity index is 1.65. The normalized spacial score (nSPS) is 14.0. The van der Waals surface area contributed by atoms with Crippen molar-refractivity contribution in [1.82, 2.24) is 15.0 Å². The highest BCUT2D eigenvalue weighted by Gasteiger charge is 2.31. The highest BCUT2D eigenvalue weighted by atomic mass is 32.2. The number of aromatic nitrogens is 3. The van der Waals surface area contributed by atoms with Crippen molar-refractivity contribution >= 4 is 21.5 Å². The molecule has 0 spiro atoms. The number of hydrogen-bond acceptors (Lipinski definition) is 10. The summed E-state index contributed by atoms with van der Waals surface area (Å²) in [5.74, 6) is 1.09. The lowest BCUT2D eigenvalue weighted by molar-refractivity contribution is -0.274. The number of methoxy groups -OCH3 is 1. The molecule has 0 unspecified atom stereocenters. The molecule has 0 amide bonds. The maximum Gasteiger partial charge on any atom is 0.573 e. The average molecular weight is 638 g/mol. The molecule has 3 aromatic rings. The van der Waals surface area contributed by atoms with Gasteiger partial charge in [-0.3, -0.25) is 0 Å². The maximum absolute atomic E-state index is 12.9. The average Bonchev–Trinajstić information content (AvgIpc) is 3.48. The lowest BCUT2D eigenvalue weighted by Crippen LogP contribution is -2.31. The van der Waals surface area contributed by atoms with Crippen LogP contribution < -0.4 is 24.0 Å². The van der Waals surface area contributed by atoms with Crippen molar-refractivity contribution in [3.05, 3.63) is 60.0 Å². The monoisotopic (exact) mass is 637 g/mol. The SMILES string of the molecule is CCN(CC1CCCC1)c1ccc(OC)nc1CN(Cc1cccc(OC(F)(F)F)c1)c1ncc(OCCS(C)(=O)=O)cn1. The Bertz CT molecular complexity index is 1470. The molecule has 2 heterocycles. The Morgan fingerprint density at radius 2 is 1.73 bits per heavy atom. The van der Waals surface area contributed by atoms with Crippen molar-refractivity contribution in [2.45, 2.75) is 52.1 Å². The van der Waals surface area contributed by atoms with Crippen molar-refractivity contribution in [3.8, 4) is 17.4 Å². The second-order valence-corrected chi connectivity index (χ2v) is 13.0. The van der Waals surface area contributed by atoms with E-state index in [1.54, 1.807) is 11.0 Å². The van der Waals surface area contributed by atoms with Crippen LogP contribution in [0.5, 0.6) is 17.4 Å². The van der Waals surface area contributed by atoms with Gasteiger partial charge in [0.05, 0.1) is 43.2 Å². The van der Waals surface area contributed by atoms with Crippen LogP contribution in [0.3, 0.4) is 0 Å². The first-order valence-electron chi connectivity index (χ1n) is 14.4. The van der Waals surface area contributed by atoms with Crippen LogP contribution in [0.2, 0.25) is 0 Å². The van der Waals surface area contributed by atoms with Gasteiger partial charge in [0.2, 0.25) is 11.8 Å². The van der Waals surface area contributed by atoms with E-state index in [-0.39, 0.29) is 42.9 Å². The number of hydrogen-bond donors (Lipinski definition) is 0. The van der Waals surface area contributed by atoms with Gasteiger partial charge in [-0.2, -0.15) is 0 Å². The van der Waals surface area contributed by atoms with Crippen molar-refractivity contribution < 1.29 is 35.8 Å². The van der Waals surface area contributed by atoms with Crippen LogP contribution in [0.25, 0.3) is 0 Å². The fourth-order valence-electron chi connectivity index (χ4n) is 5.19. The molecular formula is C30H38F3N5O5S. The minimum atomic E-state index is -4.82. The third-order valence-electron chi connectivity index (χ3n) is 7.28. The van der Waals surface area contributed by atoms with Gasteiger partial charge in [0.25, 0.3) is 0 Å². The molecule has 1 aromatic carbocycles. The molecule has 0 atom stereocenters. The second kappa shape index (κ2) is 14.8. The molecule has 0 saturated heterocycles. The van der Waals surface area contributed by atoms with E-state index in [9.17, 15) is 21.6 Å². The number of pyridine rings is 1. The summed E-state index contributed by atoms with van der Waals surface area (Å²) < 4.78 is 76.7. The van der Waals surface area contributed by atoms with Crippen LogP contribution in [0.15, 0.2) is 48.8 Å². The summed E-state index contributed by atoms with van der Waals surface area (Å²) in [6.45, 7) is 4.05. The first kappa shape index (κ1) is 33.1. The summed E-state index contributed by atoms with van der Waals surface area (Å²) in [6.07, 6.45) is 3.98. The minimum Gasteiger partial charge on any atom is -0.489 e. The van der Waals surface area contributed by atoms with Crippen LogP contribution in [0.4, 0.5) is 24.8 Å². The molecule has 10 nitrogen and oxygen atoms in total. The molecule has 4 rings (SSSR count). The molecule has 1 aliphatic rings. The summed E-state index contributed by atoms with van der Waals surface area (Å²) in [5, 5.41) is 0. The number of anilines is 2. The van der Waals surface area contributed by atoms with E-state index >= 15 is 0 Å². The zero-order chi connectivity index (χ0) is 31.7. The second-order valence-electron chi connectivity index (χ2n) is 10.8. The fraction of sp³-hybridized carbons (Fsp3) is 0.500. The summed E-state index contributed by atoms with van der Waals surface area (Å²) >= 11 is 0. The van der Waals surface area contributed by atoms with Crippen LogP contribution in [-0.2, 0) is 22.9 Å². The molecule has 0 radical (unpaired) electrons. The topological polar surface area (TPSA) is 107 Å². The standard InChI is InChI=1S/C30H38F3N5O5S/c1-4-37(19-22-8-5-6-9-22)27-12-13-28(41-2)36-26(27)21-38(20-23-10-7-11-24(16-23)43-30(31,32)33)29-34-17-25(18-35-29)42-14-15-44(3,39)40/h7,10-13,16-18,22H,4-6,8-9,14-15,19-21H2,1-3H3. The summed E-state index contributed by atoms with van der Waals surface area (Å²) in [4.78, 5) is 17.8. The molecular weight excluding hydrogens is 599 g/mol. The van der Waals surface area contributed by atoms with Gasteiger partial charge in [0, 0.05) is 32.0 Å². The molecule has 14 heteroatoms. The molecule has 44 heavy (non-hydrogen) atoms. The first-order chi connectivity index (χ1) is 20.9. The lowest BCUT2D eigenvalue weighted by atomic mass is 10.1. The molecule has 240 valence electrons. The number of benzene rings is 1. The largest absolute Gasteiger partial charge is 0.573 e.